The molecule has 0 radical (unpaired) electrons. The number of nitrogens with zero attached hydrogens (tertiary/aromatic N) is 3. The third-order valence-electron chi connectivity index (χ3n) is 5.48. The predicted octanol–water partition coefficient (Wildman–Crippen LogP) is 3.44. The van der Waals surface area contributed by atoms with Crippen LogP contribution in [0.2, 0.25) is 0 Å². The highest BCUT2D eigenvalue weighted by Gasteiger charge is 2.33. The number of amides is 2. The molecule has 162 valence electrons. The lowest BCUT2D eigenvalue weighted by molar-refractivity contribution is -0.120. The number of benzene rings is 2. The normalized spacial score (nSPS) is 15.4. The first-order chi connectivity index (χ1) is 15.4. The molecule has 9 heteroatoms. The van der Waals surface area contributed by atoms with Crippen molar-refractivity contribution in [2.24, 2.45) is 5.73 Å². The highest BCUT2D eigenvalue weighted by molar-refractivity contribution is 7.20. The minimum absolute atomic E-state index is 0.0744. The Hall–Kier alpha value is -3.72. The van der Waals surface area contributed by atoms with E-state index < -0.39 is 5.91 Å². The van der Waals surface area contributed by atoms with E-state index in [4.69, 9.17) is 20.6 Å². The molecule has 0 saturated carbocycles. The van der Waals surface area contributed by atoms with Crippen molar-refractivity contribution in [3.63, 3.8) is 0 Å². The number of ether oxygens (including phenoxy) is 1. The maximum absolute atomic E-state index is 12.6. The Labute approximate surface area is 188 Å². The van der Waals surface area contributed by atoms with E-state index in [0.717, 1.165) is 27.0 Å². The van der Waals surface area contributed by atoms with Gasteiger partial charge >= 0.3 is 0 Å². The molecular formula is C23H21N5O3S. The fraction of sp³-hybridized carbons (Fsp3) is 0.217. The molecule has 1 aliphatic rings. The largest absolute Gasteiger partial charge is 0.484 e. The standard InChI is InChI=1S/C23H21N5O3S/c1-12-3-8-17-18(9-12)32-23(25-17)28-22-21(13(2)27-28)16(10-20(30)26-22)14-4-6-15(7-5-14)31-11-19(24)29/h3-9,16H,10-11H2,1-2H3,(H2,24,29)(H,26,30). The molecule has 0 fully saturated rings. The predicted molar refractivity (Wildman–Crippen MR) is 122 cm³/mol. The number of primary amides is 1. The number of nitrogens with one attached hydrogen (secondary N) is 1. The highest BCUT2D eigenvalue weighted by atomic mass is 32.1. The maximum Gasteiger partial charge on any atom is 0.255 e. The van der Waals surface area contributed by atoms with E-state index in [1.807, 2.05) is 38.1 Å². The average molecular weight is 448 g/mol. The maximum atomic E-state index is 12.6. The smallest absolute Gasteiger partial charge is 0.255 e. The molecule has 3 N–H and O–H groups in total. The lowest BCUT2D eigenvalue weighted by Crippen LogP contribution is -2.25. The number of anilines is 1. The van der Waals surface area contributed by atoms with Crippen LogP contribution in [0.5, 0.6) is 5.75 Å². The zero-order valence-corrected chi connectivity index (χ0v) is 18.4. The van der Waals surface area contributed by atoms with Crippen molar-refractivity contribution >= 4 is 39.2 Å². The third-order valence-corrected chi connectivity index (χ3v) is 6.47. The van der Waals surface area contributed by atoms with E-state index >= 15 is 0 Å². The summed E-state index contributed by atoms with van der Waals surface area (Å²) < 4.78 is 8.16. The lowest BCUT2D eigenvalue weighted by Gasteiger charge is -2.24. The zero-order valence-electron chi connectivity index (χ0n) is 17.6. The van der Waals surface area contributed by atoms with Crippen molar-refractivity contribution in [1.29, 1.82) is 0 Å². The van der Waals surface area contributed by atoms with E-state index in [1.165, 1.54) is 5.56 Å². The van der Waals surface area contributed by atoms with Crippen molar-refractivity contribution in [3.8, 4) is 10.9 Å². The number of nitrogens with two attached hydrogens (primary N) is 1. The van der Waals surface area contributed by atoms with Gasteiger partial charge in [-0.1, -0.05) is 29.5 Å². The van der Waals surface area contributed by atoms with Crippen LogP contribution in [0.25, 0.3) is 15.3 Å². The molecule has 1 unspecified atom stereocenters. The number of hydrogen-bond acceptors (Lipinski definition) is 6. The van der Waals surface area contributed by atoms with Crippen molar-refractivity contribution in [2.75, 3.05) is 11.9 Å². The summed E-state index contributed by atoms with van der Waals surface area (Å²) in [6.45, 7) is 3.82. The van der Waals surface area contributed by atoms with Gasteiger partial charge in [0.05, 0.1) is 15.9 Å². The van der Waals surface area contributed by atoms with Crippen molar-refractivity contribution in [3.05, 3.63) is 64.8 Å². The van der Waals surface area contributed by atoms with E-state index in [2.05, 4.69) is 11.4 Å². The zero-order chi connectivity index (χ0) is 22.4. The van der Waals surface area contributed by atoms with Crippen LogP contribution >= 0.6 is 11.3 Å². The second-order valence-corrected chi connectivity index (χ2v) is 8.87. The quantitative estimate of drug-likeness (QED) is 0.487. The van der Waals surface area contributed by atoms with Gasteiger partial charge in [-0.15, -0.1) is 0 Å². The van der Waals surface area contributed by atoms with E-state index in [0.29, 0.717) is 23.1 Å². The molecule has 32 heavy (non-hydrogen) atoms. The Morgan fingerprint density at radius 3 is 2.78 bits per heavy atom. The SMILES string of the molecule is Cc1ccc2nc(-n3nc(C)c4c3NC(=O)CC4c3ccc(OCC(N)=O)cc3)sc2c1. The summed E-state index contributed by atoms with van der Waals surface area (Å²) in [5, 5.41) is 8.44. The van der Waals surface area contributed by atoms with Crippen LogP contribution in [0.15, 0.2) is 42.5 Å². The molecule has 0 aliphatic carbocycles. The Kier molecular flexibility index (Phi) is 4.90. The molecule has 0 spiro atoms. The second-order valence-electron chi connectivity index (χ2n) is 7.86. The van der Waals surface area contributed by atoms with Crippen molar-refractivity contribution in [2.45, 2.75) is 26.2 Å². The molecule has 2 aromatic carbocycles. The summed E-state index contributed by atoms with van der Waals surface area (Å²) in [7, 11) is 0. The molecule has 0 saturated heterocycles. The average Bonchev–Trinajstić information content (AvgIpc) is 3.32. The van der Waals surface area contributed by atoms with E-state index in [-0.39, 0.29) is 18.4 Å². The number of fused-ring (bicyclic) bond motifs is 2. The first-order valence-electron chi connectivity index (χ1n) is 10.2. The van der Waals surface area contributed by atoms with Crippen LogP contribution in [0.3, 0.4) is 0 Å². The van der Waals surface area contributed by atoms with Gasteiger partial charge < -0.3 is 15.8 Å². The molecule has 1 atom stereocenters. The Morgan fingerprint density at radius 1 is 1.25 bits per heavy atom. The van der Waals surface area contributed by atoms with E-state index in [1.54, 1.807) is 28.2 Å². The van der Waals surface area contributed by atoms with E-state index in [9.17, 15) is 9.59 Å². The number of carbonyl (C=O) groups excluding carboxylic acids is 2. The third kappa shape index (κ3) is 3.60. The molecule has 1 aliphatic heterocycles. The summed E-state index contributed by atoms with van der Waals surface area (Å²) >= 11 is 1.54. The Balaban J connectivity index is 1.53. The van der Waals surface area contributed by atoms with Gasteiger partial charge in [0.25, 0.3) is 5.91 Å². The summed E-state index contributed by atoms with van der Waals surface area (Å²) in [6.07, 6.45) is 0.320. The van der Waals surface area contributed by atoms with Gasteiger partial charge in [-0.25, -0.2) is 4.98 Å². The van der Waals surface area contributed by atoms with Gasteiger partial charge in [0.1, 0.15) is 11.6 Å². The summed E-state index contributed by atoms with van der Waals surface area (Å²) in [5.74, 6) is 0.457. The van der Waals surface area contributed by atoms with Gasteiger partial charge in [0, 0.05) is 17.9 Å². The van der Waals surface area contributed by atoms with Gasteiger partial charge in [-0.2, -0.15) is 9.78 Å². The first-order valence-corrected chi connectivity index (χ1v) is 11.0. The molecule has 2 aromatic heterocycles. The van der Waals surface area contributed by atoms with Crippen molar-refractivity contribution < 1.29 is 14.3 Å². The van der Waals surface area contributed by atoms with Crippen LogP contribution in [0, 0.1) is 13.8 Å². The van der Waals surface area contributed by atoms with Crippen LogP contribution in [-0.4, -0.2) is 33.2 Å². The summed E-state index contributed by atoms with van der Waals surface area (Å²) in [5.41, 5.74) is 9.99. The lowest BCUT2D eigenvalue weighted by atomic mass is 9.86. The number of carbonyl (C=O) groups is 2. The molecule has 3 heterocycles. The Bertz CT molecular complexity index is 1360. The van der Waals surface area contributed by atoms with Crippen LogP contribution < -0.4 is 15.8 Å². The number of thiazole rings is 1. The number of aryl methyl sites for hydroxylation is 2. The fourth-order valence-corrected chi connectivity index (χ4v) is 5.05. The number of hydrogen-bond donors (Lipinski definition) is 2. The molecular weight excluding hydrogens is 426 g/mol. The minimum atomic E-state index is -0.532. The fourth-order valence-electron chi connectivity index (χ4n) is 4.03. The molecule has 8 nitrogen and oxygen atoms in total. The van der Waals surface area contributed by atoms with Crippen LogP contribution in [0.4, 0.5) is 5.82 Å². The molecule has 4 aromatic rings. The second kappa shape index (κ2) is 7.76. The highest BCUT2D eigenvalue weighted by Crippen LogP contribution is 2.41. The summed E-state index contributed by atoms with van der Waals surface area (Å²) in [4.78, 5) is 28.3. The monoisotopic (exact) mass is 447 g/mol. The molecule has 2 amide bonds. The van der Waals surface area contributed by atoms with Gasteiger partial charge in [-0.3, -0.25) is 9.59 Å². The molecule has 0 bridgehead atoms. The first kappa shape index (κ1) is 20.2. The summed E-state index contributed by atoms with van der Waals surface area (Å²) in [6, 6.07) is 13.5. The number of rotatable bonds is 5. The van der Waals surface area contributed by atoms with Gasteiger partial charge in [0.15, 0.2) is 6.61 Å². The van der Waals surface area contributed by atoms with Gasteiger partial charge in [-0.05, 0) is 49.2 Å². The minimum Gasteiger partial charge on any atom is -0.484 e. The Morgan fingerprint density at radius 2 is 2.03 bits per heavy atom. The van der Waals surface area contributed by atoms with Crippen molar-refractivity contribution in [1.82, 2.24) is 14.8 Å². The number of aromatic nitrogens is 3. The van der Waals surface area contributed by atoms with Crippen LogP contribution in [-0.2, 0) is 9.59 Å². The topological polar surface area (TPSA) is 112 Å². The molecule has 5 rings (SSSR count). The van der Waals surface area contributed by atoms with Crippen LogP contribution in [0.1, 0.15) is 34.7 Å². The van der Waals surface area contributed by atoms with Gasteiger partial charge in [0.2, 0.25) is 11.0 Å².